The van der Waals surface area contributed by atoms with Gasteiger partial charge in [0.25, 0.3) is 5.91 Å². The molecule has 1 aliphatic heterocycles. The van der Waals surface area contributed by atoms with Crippen LogP contribution in [0.2, 0.25) is 0 Å². The van der Waals surface area contributed by atoms with E-state index in [0.29, 0.717) is 5.56 Å². The summed E-state index contributed by atoms with van der Waals surface area (Å²) in [4.78, 5) is 14.2. The highest BCUT2D eigenvalue weighted by Gasteiger charge is 2.22. The number of likely N-dealkylation sites (N-methyl/N-ethyl adjacent to an activating group) is 1. The van der Waals surface area contributed by atoms with Gasteiger partial charge in [-0.3, -0.25) is 4.79 Å². The summed E-state index contributed by atoms with van der Waals surface area (Å²) in [7, 11) is 2.07. The van der Waals surface area contributed by atoms with Crippen LogP contribution in [0, 0.1) is 0 Å². The summed E-state index contributed by atoms with van der Waals surface area (Å²) in [6.07, 6.45) is 1.03. The Bertz CT molecular complexity index is 394. The minimum Gasteiger partial charge on any atom is -0.348 e. The summed E-state index contributed by atoms with van der Waals surface area (Å²) in [5.74, 6) is 0.00720. The minimum absolute atomic E-state index is 0.00720. The molecule has 1 aliphatic rings. The number of rotatable bonds is 2. The average molecular weight is 283 g/mol. The van der Waals surface area contributed by atoms with Gasteiger partial charge in [-0.25, -0.2) is 0 Å². The molecule has 1 saturated heterocycles. The normalized spacial score (nSPS) is 21.0. The van der Waals surface area contributed by atoms with Crippen molar-refractivity contribution in [3.8, 4) is 0 Å². The van der Waals surface area contributed by atoms with E-state index in [2.05, 4.69) is 33.2 Å². The molecule has 1 heterocycles. The van der Waals surface area contributed by atoms with Crippen LogP contribution in [-0.4, -0.2) is 37.0 Å². The van der Waals surface area contributed by atoms with Crippen LogP contribution in [0.3, 0.4) is 0 Å². The van der Waals surface area contributed by atoms with Crippen molar-refractivity contribution in [2.75, 3.05) is 20.1 Å². The summed E-state index contributed by atoms with van der Waals surface area (Å²) >= 11 is 3.39. The number of halogens is 1. The van der Waals surface area contributed by atoms with Gasteiger partial charge >= 0.3 is 0 Å². The van der Waals surface area contributed by atoms with Crippen molar-refractivity contribution >= 4 is 21.8 Å². The molecule has 1 N–H and O–H groups in total. The molecule has 0 aromatic heterocycles. The zero-order valence-electron chi connectivity index (χ0n) is 9.24. The van der Waals surface area contributed by atoms with E-state index in [4.69, 9.17) is 0 Å². The lowest BCUT2D eigenvalue weighted by Gasteiger charge is -2.13. The lowest BCUT2D eigenvalue weighted by Crippen LogP contribution is -2.36. The van der Waals surface area contributed by atoms with Crippen molar-refractivity contribution < 1.29 is 4.79 Å². The highest BCUT2D eigenvalue weighted by Crippen LogP contribution is 2.16. The molecular weight excluding hydrogens is 268 g/mol. The SMILES string of the molecule is CN1CCC(NC(=O)c2ccccc2Br)C1. The highest BCUT2D eigenvalue weighted by molar-refractivity contribution is 9.10. The van der Waals surface area contributed by atoms with Crippen molar-refractivity contribution in [3.63, 3.8) is 0 Å². The molecule has 86 valence electrons. The topological polar surface area (TPSA) is 32.3 Å². The zero-order chi connectivity index (χ0) is 11.5. The van der Waals surface area contributed by atoms with Gasteiger partial charge in [0.2, 0.25) is 0 Å². The van der Waals surface area contributed by atoms with E-state index < -0.39 is 0 Å². The molecule has 16 heavy (non-hydrogen) atoms. The fourth-order valence-corrected chi connectivity index (χ4v) is 2.43. The van der Waals surface area contributed by atoms with Crippen LogP contribution in [0.5, 0.6) is 0 Å². The summed E-state index contributed by atoms with van der Waals surface area (Å²) in [5.41, 5.74) is 0.706. The molecule has 1 aromatic carbocycles. The first-order valence-electron chi connectivity index (χ1n) is 5.41. The fourth-order valence-electron chi connectivity index (χ4n) is 1.96. The molecule has 0 radical (unpaired) electrons. The molecule has 1 aromatic rings. The van der Waals surface area contributed by atoms with Crippen LogP contribution in [0.25, 0.3) is 0 Å². The molecule has 1 amide bonds. The van der Waals surface area contributed by atoms with E-state index in [-0.39, 0.29) is 11.9 Å². The number of likely N-dealkylation sites (tertiary alicyclic amines) is 1. The Balaban J connectivity index is 2.01. The molecular formula is C12H15BrN2O. The van der Waals surface area contributed by atoms with E-state index in [9.17, 15) is 4.79 Å². The molecule has 1 unspecified atom stereocenters. The van der Waals surface area contributed by atoms with Crippen molar-refractivity contribution in [3.05, 3.63) is 34.3 Å². The number of hydrogen-bond acceptors (Lipinski definition) is 2. The van der Waals surface area contributed by atoms with Crippen molar-refractivity contribution in [2.24, 2.45) is 0 Å². The second-order valence-electron chi connectivity index (χ2n) is 4.20. The van der Waals surface area contributed by atoms with Gasteiger partial charge in [-0.15, -0.1) is 0 Å². The third-order valence-corrected chi connectivity index (χ3v) is 3.54. The van der Waals surface area contributed by atoms with Crippen molar-refractivity contribution in [1.82, 2.24) is 10.2 Å². The third kappa shape index (κ3) is 2.62. The Morgan fingerprint density at radius 3 is 2.88 bits per heavy atom. The number of nitrogens with zero attached hydrogens (tertiary/aromatic N) is 1. The summed E-state index contributed by atoms with van der Waals surface area (Å²) in [6.45, 7) is 2.00. The van der Waals surface area contributed by atoms with E-state index in [1.54, 1.807) is 0 Å². The van der Waals surface area contributed by atoms with Gasteiger partial charge in [0.15, 0.2) is 0 Å². The highest BCUT2D eigenvalue weighted by atomic mass is 79.9. The predicted octanol–water partition coefficient (Wildman–Crippen LogP) is 1.88. The maximum Gasteiger partial charge on any atom is 0.252 e. The van der Waals surface area contributed by atoms with Crippen LogP contribution in [0.15, 0.2) is 28.7 Å². The lowest BCUT2D eigenvalue weighted by atomic mass is 10.2. The number of hydrogen-bond donors (Lipinski definition) is 1. The molecule has 0 spiro atoms. The summed E-state index contributed by atoms with van der Waals surface area (Å²) in [5, 5.41) is 3.06. The largest absolute Gasteiger partial charge is 0.348 e. The van der Waals surface area contributed by atoms with E-state index in [0.717, 1.165) is 24.0 Å². The Morgan fingerprint density at radius 2 is 2.25 bits per heavy atom. The van der Waals surface area contributed by atoms with Crippen LogP contribution in [0.1, 0.15) is 16.8 Å². The average Bonchev–Trinajstić information content (AvgIpc) is 2.64. The van der Waals surface area contributed by atoms with Crippen LogP contribution >= 0.6 is 15.9 Å². The van der Waals surface area contributed by atoms with Crippen LogP contribution < -0.4 is 5.32 Å². The molecule has 0 aliphatic carbocycles. The monoisotopic (exact) mass is 282 g/mol. The second kappa shape index (κ2) is 4.97. The van der Waals surface area contributed by atoms with E-state index in [1.807, 2.05) is 24.3 Å². The molecule has 4 heteroatoms. The van der Waals surface area contributed by atoms with E-state index in [1.165, 1.54) is 0 Å². The first kappa shape index (κ1) is 11.6. The Morgan fingerprint density at radius 1 is 1.50 bits per heavy atom. The van der Waals surface area contributed by atoms with Gasteiger partial charge in [-0.05, 0) is 48.1 Å². The Kier molecular flexibility index (Phi) is 3.61. The number of amides is 1. The maximum atomic E-state index is 12.0. The maximum absolute atomic E-state index is 12.0. The van der Waals surface area contributed by atoms with Crippen LogP contribution in [-0.2, 0) is 0 Å². The van der Waals surface area contributed by atoms with Crippen LogP contribution in [0.4, 0.5) is 0 Å². The predicted molar refractivity (Wildman–Crippen MR) is 67.5 cm³/mol. The number of carbonyl (C=O) groups is 1. The quantitative estimate of drug-likeness (QED) is 0.899. The van der Waals surface area contributed by atoms with E-state index >= 15 is 0 Å². The van der Waals surface area contributed by atoms with Crippen molar-refractivity contribution in [1.29, 1.82) is 0 Å². The number of benzene rings is 1. The molecule has 3 nitrogen and oxygen atoms in total. The summed E-state index contributed by atoms with van der Waals surface area (Å²) in [6, 6.07) is 7.78. The van der Waals surface area contributed by atoms with Crippen molar-refractivity contribution in [2.45, 2.75) is 12.5 Å². The molecule has 2 rings (SSSR count). The van der Waals surface area contributed by atoms with Gasteiger partial charge in [-0.2, -0.15) is 0 Å². The standard InChI is InChI=1S/C12H15BrN2O/c1-15-7-6-9(8-15)14-12(16)10-4-2-3-5-11(10)13/h2-5,9H,6-8H2,1H3,(H,14,16). The van der Waals surface area contributed by atoms with Gasteiger partial charge in [0, 0.05) is 17.1 Å². The molecule has 1 fully saturated rings. The first-order valence-corrected chi connectivity index (χ1v) is 6.20. The Labute approximate surface area is 104 Å². The number of carbonyl (C=O) groups excluding carboxylic acids is 1. The molecule has 0 saturated carbocycles. The fraction of sp³-hybridized carbons (Fsp3) is 0.417. The molecule has 0 bridgehead atoms. The second-order valence-corrected chi connectivity index (χ2v) is 5.06. The first-order chi connectivity index (χ1) is 7.66. The zero-order valence-corrected chi connectivity index (χ0v) is 10.8. The molecule has 1 atom stereocenters. The van der Waals surface area contributed by atoms with Gasteiger partial charge in [0.1, 0.15) is 0 Å². The Hall–Kier alpha value is -0.870. The minimum atomic E-state index is 0.00720. The summed E-state index contributed by atoms with van der Waals surface area (Å²) < 4.78 is 0.846. The smallest absolute Gasteiger partial charge is 0.252 e. The van der Waals surface area contributed by atoms with Gasteiger partial charge < -0.3 is 10.2 Å². The third-order valence-electron chi connectivity index (χ3n) is 2.85. The van der Waals surface area contributed by atoms with Gasteiger partial charge in [0.05, 0.1) is 5.56 Å². The van der Waals surface area contributed by atoms with Gasteiger partial charge in [-0.1, -0.05) is 12.1 Å². The number of nitrogens with one attached hydrogen (secondary N) is 1. The lowest BCUT2D eigenvalue weighted by molar-refractivity contribution is 0.0937.